The summed E-state index contributed by atoms with van der Waals surface area (Å²) in [6.07, 6.45) is 0.586. The Bertz CT molecular complexity index is 632. The SMILES string of the molecule is O=C(NCCc1ccc(Cl)cc1)c1c(O)cc(O)cc1O. The number of hydrogen-bond donors (Lipinski definition) is 4. The zero-order chi connectivity index (χ0) is 15.4. The fourth-order valence-corrected chi connectivity index (χ4v) is 2.02. The molecule has 21 heavy (non-hydrogen) atoms. The van der Waals surface area contributed by atoms with E-state index in [2.05, 4.69) is 5.32 Å². The van der Waals surface area contributed by atoms with E-state index in [0.29, 0.717) is 18.0 Å². The molecule has 5 nitrogen and oxygen atoms in total. The van der Waals surface area contributed by atoms with Crippen LogP contribution in [0.1, 0.15) is 15.9 Å². The molecule has 2 aromatic rings. The van der Waals surface area contributed by atoms with Gasteiger partial charge in [-0.2, -0.15) is 0 Å². The second kappa shape index (κ2) is 6.37. The summed E-state index contributed by atoms with van der Waals surface area (Å²) in [5, 5.41) is 31.6. The Morgan fingerprint density at radius 3 is 2.19 bits per heavy atom. The maximum atomic E-state index is 11.9. The molecule has 0 bridgehead atoms. The highest BCUT2D eigenvalue weighted by Gasteiger charge is 2.17. The lowest BCUT2D eigenvalue weighted by Crippen LogP contribution is -2.25. The molecule has 0 aliphatic heterocycles. The standard InChI is InChI=1S/C15H14ClNO4/c16-10-3-1-9(2-4-10)5-6-17-15(21)14-12(19)7-11(18)8-13(14)20/h1-4,7-8,18-20H,5-6H2,(H,17,21). The molecular formula is C15H14ClNO4. The van der Waals surface area contributed by atoms with E-state index in [1.165, 1.54) is 0 Å². The number of carbonyl (C=O) groups excluding carboxylic acids is 1. The predicted molar refractivity (Wildman–Crippen MR) is 78.9 cm³/mol. The van der Waals surface area contributed by atoms with Crippen LogP contribution in [0, 0.1) is 0 Å². The molecule has 2 aromatic carbocycles. The van der Waals surface area contributed by atoms with Gasteiger partial charge >= 0.3 is 0 Å². The molecule has 0 atom stereocenters. The number of aromatic hydroxyl groups is 3. The van der Waals surface area contributed by atoms with E-state index >= 15 is 0 Å². The van der Waals surface area contributed by atoms with Crippen molar-refractivity contribution in [1.82, 2.24) is 5.32 Å². The van der Waals surface area contributed by atoms with E-state index in [0.717, 1.165) is 17.7 Å². The molecular weight excluding hydrogens is 294 g/mol. The Morgan fingerprint density at radius 1 is 1.05 bits per heavy atom. The number of phenolic OH excluding ortho intramolecular Hbond substituents is 3. The summed E-state index contributed by atoms with van der Waals surface area (Å²) in [5.41, 5.74) is 0.739. The summed E-state index contributed by atoms with van der Waals surface area (Å²) >= 11 is 5.78. The van der Waals surface area contributed by atoms with E-state index in [1.807, 2.05) is 12.1 Å². The summed E-state index contributed by atoms with van der Waals surface area (Å²) in [5.74, 6) is -1.88. The zero-order valence-electron chi connectivity index (χ0n) is 11.0. The van der Waals surface area contributed by atoms with Gasteiger partial charge in [-0.25, -0.2) is 0 Å². The summed E-state index contributed by atoms with van der Waals surface area (Å²) in [4.78, 5) is 11.9. The van der Waals surface area contributed by atoms with Gasteiger partial charge in [0.2, 0.25) is 0 Å². The van der Waals surface area contributed by atoms with Gasteiger partial charge in [0.15, 0.2) is 0 Å². The number of hydrogen-bond acceptors (Lipinski definition) is 4. The molecule has 0 heterocycles. The van der Waals surface area contributed by atoms with Gasteiger partial charge in [0.05, 0.1) is 0 Å². The Hall–Kier alpha value is -2.40. The molecule has 1 amide bonds. The number of phenols is 3. The van der Waals surface area contributed by atoms with E-state index in [1.54, 1.807) is 12.1 Å². The van der Waals surface area contributed by atoms with Crippen LogP contribution in [0.3, 0.4) is 0 Å². The molecule has 6 heteroatoms. The van der Waals surface area contributed by atoms with Crippen molar-refractivity contribution < 1.29 is 20.1 Å². The first kappa shape index (κ1) is 15.0. The van der Waals surface area contributed by atoms with Crippen LogP contribution in [-0.2, 0) is 6.42 Å². The molecule has 0 aliphatic carbocycles. The van der Waals surface area contributed by atoms with Crippen LogP contribution in [0.5, 0.6) is 17.2 Å². The number of nitrogens with one attached hydrogen (secondary N) is 1. The van der Waals surface area contributed by atoms with Crippen LogP contribution in [0.4, 0.5) is 0 Å². The topological polar surface area (TPSA) is 89.8 Å². The van der Waals surface area contributed by atoms with Crippen molar-refractivity contribution in [3.05, 3.63) is 52.5 Å². The number of amides is 1. The van der Waals surface area contributed by atoms with Crippen LogP contribution in [0.2, 0.25) is 5.02 Å². The van der Waals surface area contributed by atoms with Crippen molar-refractivity contribution in [2.75, 3.05) is 6.54 Å². The minimum absolute atomic E-state index is 0.260. The monoisotopic (exact) mass is 307 g/mol. The minimum Gasteiger partial charge on any atom is -0.508 e. The molecule has 0 radical (unpaired) electrons. The van der Waals surface area contributed by atoms with Gasteiger partial charge in [-0.1, -0.05) is 23.7 Å². The van der Waals surface area contributed by atoms with Crippen molar-refractivity contribution in [3.63, 3.8) is 0 Å². The normalized spacial score (nSPS) is 10.3. The summed E-state index contributed by atoms with van der Waals surface area (Å²) in [7, 11) is 0. The average Bonchev–Trinajstić information content (AvgIpc) is 2.40. The third-order valence-corrected chi connectivity index (χ3v) is 3.17. The Kier molecular flexibility index (Phi) is 4.55. The van der Waals surface area contributed by atoms with Gasteiger partial charge in [-0.3, -0.25) is 4.79 Å². The van der Waals surface area contributed by atoms with Gasteiger partial charge in [0.1, 0.15) is 22.8 Å². The fourth-order valence-electron chi connectivity index (χ4n) is 1.89. The second-order valence-corrected chi connectivity index (χ2v) is 4.93. The molecule has 110 valence electrons. The Labute approximate surface area is 126 Å². The molecule has 0 aromatic heterocycles. The summed E-state index contributed by atoms with van der Waals surface area (Å²) in [6.45, 7) is 0.334. The largest absolute Gasteiger partial charge is 0.508 e. The number of carbonyl (C=O) groups is 1. The maximum Gasteiger partial charge on any atom is 0.258 e. The lowest BCUT2D eigenvalue weighted by Gasteiger charge is -2.09. The maximum absolute atomic E-state index is 11.9. The predicted octanol–water partition coefficient (Wildman–Crippen LogP) is 2.43. The van der Waals surface area contributed by atoms with Crippen molar-refractivity contribution >= 4 is 17.5 Å². The number of rotatable bonds is 4. The zero-order valence-corrected chi connectivity index (χ0v) is 11.8. The highest BCUT2D eigenvalue weighted by Crippen LogP contribution is 2.31. The van der Waals surface area contributed by atoms with E-state index in [-0.39, 0.29) is 11.3 Å². The van der Waals surface area contributed by atoms with E-state index in [4.69, 9.17) is 11.6 Å². The first-order valence-electron chi connectivity index (χ1n) is 6.25. The number of halogens is 1. The van der Waals surface area contributed by atoms with Crippen molar-refractivity contribution in [1.29, 1.82) is 0 Å². The van der Waals surface area contributed by atoms with Crippen LogP contribution in [0.15, 0.2) is 36.4 Å². The van der Waals surface area contributed by atoms with Crippen LogP contribution in [-0.4, -0.2) is 27.8 Å². The van der Waals surface area contributed by atoms with Gasteiger partial charge in [0.25, 0.3) is 5.91 Å². The van der Waals surface area contributed by atoms with Crippen LogP contribution >= 0.6 is 11.6 Å². The van der Waals surface area contributed by atoms with Crippen molar-refractivity contribution in [3.8, 4) is 17.2 Å². The summed E-state index contributed by atoms with van der Waals surface area (Å²) < 4.78 is 0. The van der Waals surface area contributed by atoms with Crippen LogP contribution < -0.4 is 5.32 Å². The second-order valence-electron chi connectivity index (χ2n) is 4.49. The Balaban J connectivity index is 1.98. The van der Waals surface area contributed by atoms with Crippen molar-refractivity contribution in [2.45, 2.75) is 6.42 Å². The van der Waals surface area contributed by atoms with Crippen LogP contribution in [0.25, 0.3) is 0 Å². The first-order chi connectivity index (χ1) is 9.97. The fraction of sp³-hybridized carbons (Fsp3) is 0.133. The van der Waals surface area contributed by atoms with Gasteiger partial charge in [0, 0.05) is 23.7 Å². The van der Waals surface area contributed by atoms with Gasteiger partial charge in [-0.15, -0.1) is 0 Å². The minimum atomic E-state index is -0.612. The summed E-state index contributed by atoms with van der Waals surface area (Å²) in [6, 6.07) is 9.21. The third kappa shape index (κ3) is 3.79. The molecule has 0 aliphatic rings. The molecule has 2 rings (SSSR count). The molecule has 0 saturated heterocycles. The Morgan fingerprint density at radius 2 is 1.62 bits per heavy atom. The highest BCUT2D eigenvalue weighted by molar-refractivity contribution is 6.30. The smallest absolute Gasteiger partial charge is 0.258 e. The highest BCUT2D eigenvalue weighted by atomic mass is 35.5. The first-order valence-corrected chi connectivity index (χ1v) is 6.63. The average molecular weight is 308 g/mol. The third-order valence-electron chi connectivity index (χ3n) is 2.92. The lowest BCUT2D eigenvalue weighted by molar-refractivity contribution is 0.0948. The van der Waals surface area contributed by atoms with Crippen molar-refractivity contribution in [2.24, 2.45) is 0 Å². The molecule has 0 unspecified atom stereocenters. The molecule has 0 saturated carbocycles. The van der Waals surface area contributed by atoms with E-state index in [9.17, 15) is 20.1 Å². The lowest BCUT2D eigenvalue weighted by atomic mass is 10.1. The molecule has 0 spiro atoms. The number of benzene rings is 2. The quantitative estimate of drug-likeness (QED) is 0.698. The molecule has 0 fully saturated rings. The van der Waals surface area contributed by atoms with E-state index < -0.39 is 17.4 Å². The molecule has 4 N–H and O–H groups in total. The van der Waals surface area contributed by atoms with Gasteiger partial charge in [-0.05, 0) is 24.1 Å². The van der Waals surface area contributed by atoms with Gasteiger partial charge < -0.3 is 20.6 Å².